The van der Waals surface area contributed by atoms with E-state index in [0.717, 1.165) is 33.6 Å². The van der Waals surface area contributed by atoms with Crippen LogP contribution in [0.5, 0.6) is 0 Å². The van der Waals surface area contributed by atoms with Gasteiger partial charge in [-0.2, -0.15) is 0 Å². The minimum atomic E-state index is 0.707. The van der Waals surface area contributed by atoms with E-state index in [-0.39, 0.29) is 0 Å². The second-order valence-electron chi connectivity index (χ2n) is 15.7. The Bertz CT molecular complexity index is 3610. The first-order valence-corrected chi connectivity index (χ1v) is 21.5. The number of benzene rings is 10. The van der Waals surface area contributed by atoms with Crippen LogP contribution in [0.4, 0.5) is 0 Å². The molecule has 0 fully saturated rings. The third-order valence-corrected chi connectivity index (χ3v) is 13.3. The number of hydrogen-bond acceptors (Lipinski definition) is 3. The number of thiophene rings is 1. The monoisotopic (exact) mass is 792 g/mol. The van der Waals surface area contributed by atoms with Gasteiger partial charge in [0.25, 0.3) is 0 Å². The van der Waals surface area contributed by atoms with Crippen molar-refractivity contribution in [1.29, 1.82) is 0 Å². The molecule has 0 N–H and O–H groups in total. The lowest BCUT2D eigenvalue weighted by atomic mass is 9.86. The lowest BCUT2D eigenvalue weighted by Gasteiger charge is -2.17. The lowest BCUT2D eigenvalue weighted by molar-refractivity contribution is 1.18. The van der Waals surface area contributed by atoms with Gasteiger partial charge in [-0.05, 0) is 95.0 Å². The molecule has 0 spiro atoms. The van der Waals surface area contributed by atoms with Gasteiger partial charge in [0.05, 0.1) is 11.4 Å². The Morgan fingerprint density at radius 3 is 1.70 bits per heavy atom. The Labute approximate surface area is 357 Å². The molecule has 0 aliphatic rings. The molecule has 0 radical (unpaired) electrons. The van der Waals surface area contributed by atoms with Crippen LogP contribution in [0.25, 0.3) is 120 Å². The van der Waals surface area contributed by atoms with Crippen molar-refractivity contribution in [3.63, 3.8) is 0 Å². The van der Waals surface area contributed by atoms with Gasteiger partial charge < -0.3 is 0 Å². The van der Waals surface area contributed by atoms with Crippen LogP contribution in [-0.4, -0.2) is 9.97 Å². The van der Waals surface area contributed by atoms with Crippen LogP contribution in [-0.2, 0) is 0 Å². The van der Waals surface area contributed by atoms with E-state index in [0.29, 0.717) is 5.82 Å². The molecule has 0 unspecified atom stereocenters. The Hall–Kier alpha value is -7.72. The van der Waals surface area contributed by atoms with Gasteiger partial charge >= 0.3 is 0 Å². The molecule has 2 nitrogen and oxygen atoms in total. The quantitative estimate of drug-likeness (QED) is 0.124. The first kappa shape index (κ1) is 35.2. The molecule has 61 heavy (non-hydrogen) atoms. The average Bonchev–Trinajstić information content (AvgIpc) is 3.78. The topological polar surface area (TPSA) is 25.8 Å². The number of aromatic nitrogens is 2. The molecule has 0 saturated heterocycles. The maximum Gasteiger partial charge on any atom is 0.160 e. The van der Waals surface area contributed by atoms with Crippen molar-refractivity contribution in [3.8, 4) is 66.6 Å². The molecule has 0 aliphatic carbocycles. The third-order valence-electron chi connectivity index (χ3n) is 12.1. The molecule has 2 aromatic heterocycles. The molecular formula is C58H36N2S. The highest BCUT2D eigenvalue weighted by Crippen LogP contribution is 2.44. The van der Waals surface area contributed by atoms with Crippen LogP contribution in [0.2, 0.25) is 0 Å². The van der Waals surface area contributed by atoms with E-state index >= 15 is 0 Å². The molecule has 284 valence electrons. The van der Waals surface area contributed by atoms with Gasteiger partial charge in [0.1, 0.15) is 0 Å². The summed E-state index contributed by atoms with van der Waals surface area (Å²) in [6.45, 7) is 0. The molecule has 12 rings (SSSR count). The van der Waals surface area contributed by atoms with Crippen LogP contribution < -0.4 is 0 Å². The second-order valence-corrected chi connectivity index (χ2v) is 16.7. The zero-order valence-electron chi connectivity index (χ0n) is 33.1. The van der Waals surface area contributed by atoms with Crippen molar-refractivity contribution in [2.75, 3.05) is 0 Å². The fourth-order valence-electron chi connectivity index (χ4n) is 9.19. The van der Waals surface area contributed by atoms with Crippen LogP contribution in [0, 0.1) is 0 Å². The highest BCUT2D eigenvalue weighted by atomic mass is 32.1. The van der Waals surface area contributed by atoms with Gasteiger partial charge in [-0.25, -0.2) is 9.97 Å². The maximum atomic E-state index is 5.22. The Balaban J connectivity index is 0.980. The molecule has 0 bridgehead atoms. The number of rotatable bonds is 6. The molecule has 3 heteroatoms. The van der Waals surface area contributed by atoms with E-state index in [1.807, 2.05) is 29.5 Å². The normalized spacial score (nSPS) is 11.6. The average molecular weight is 793 g/mol. The fraction of sp³-hybridized carbons (Fsp3) is 0. The molecule has 12 aromatic rings. The van der Waals surface area contributed by atoms with Gasteiger partial charge in [-0.1, -0.05) is 194 Å². The summed E-state index contributed by atoms with van der Waals surface area (Å²) < 4.78 is 1.28. The number of hydrogen-bond donors (Lipinski definition) is 0. The highest BCUT2D eigenvalue weighted by Gasteiger charge is 2.18. The summed E-state index contributed by atoms with van der Waals surface area (Å²) in [5.41, 5.74) is 11.0. The molecule has 0 amide bonds. The second kappa shape index (κ2) is 14.5. The van der Waals surface area contributed by atoms with Crippen LogP contribution in [0.3, 0.4) is 0 Å². The van der Waals surface area contributed by atoms with Gasteiger partial charge in [0.2, 0.25) is 0 Å². The summed E-state index contributed by atoms with van der Waals surface area (Å²) >= 11 is 1.82. The molecular weight excluding hydrogens is 757 g/mol. The van der Waals surface area contributed by atoms with Crippen molar-refractivity contribution in [2.24, 2.45) is 0 Å². The minimum absolute atomic E-state index is 0.707. The molecule has 0 saturated carbocycles. The van der Waals surface area contributed by atoms with Gasteiger partial charge in [-0.3, -0.25) is 0 Å². The van der Waals surface area contributed by atoms with E-state index < -0.39 is 0 Å². The zero-order valence-corrected chi connectivity index (χ0v) is 33.9. The van der Waals surface area contributed by atoms with E-state index in [1.165, 1.54) is 80.3 Å². The molecule has 0 aliphatic heterocycles. The van der Waals surface area contributed by atoms with Crippen LogP contribution in [0.15, 0.2) is 218 Å². The fourth-order valence-corrected chi connectivity index (χ4v) is 10.3. The summed E-state index contributed by atoms with van der Waals surface area (Å²) in [7, 11) is 0. The van der Waals surface area contributed by atoms with E-state index in [2.05, 4.69) is 200 Å². The summed E-state index contributed by atoms with van der Waals surface area (Å²) in [4.78, 5) is 11.6. The largest absolute Gasteiger partial charge is 0.228 e. The molecule has 10 aromatic carbocycles. The van der Waals surface area contributed by atoms with Crippen LogP contribution >= 0.6 is 11.3 Å². The Morgan fingerprint density at radius 2 is 0.902 bits per heavy atom. The van der Waals surface area contributed by atoms with Crippen molar-refractivity contribution in [3.05, 3.63) is 218 Å². The SMILES string of the molecule is c1ccc(-c2nc(-c3ccc(-c4ccc(-c5c6ccccc6cc6c5ccc5ccccc56)c5ccccc45)cc3)cc(-c3ccccc3-c3cc4ccccc4s3)n2)cc1. The Kier molecular flexibility index (Phi) is 8.39. The smallest absolute Gasteiger partial charge is 0.160 e. The van der Waals surface area contributed by atoms with Crippen molar-refractivity contribution >= 4 is 64.5 Å². The van der Waals surface area contributed by atoms with Gasteiger partial charge in [0, 0.05) is 31.8 Å². The maximum absolute atomic E-state index is 5.22. The summed E-state index contributed by atoms with van der Waals surface area (Å²) in [5, 5.41) is 11.3. The van der Waals surface area contributed by atoms with Crippen molar-refractivity contribution in [2.45, 2.75) is 0 Å². The Morgan fingerprint density at radius 1 is 0.295 bits per heavy atom. The predicted octanol–water partition coefficient (Wildman–Crippen LogP) is 16.3. The standard InChI is InChI=1S/C58H36N2S/c1-2-15-40(16-3-1)58-59-53(36-54(60-58)48-23-11-12-24-49(48)56-35-42-18-6-13-25-55(42)61-56)39-28-26-38(27-29-39)44-32-33-50(47-22-10-9-21-46(44)47)57-45-20-8-5-17-41(45)34-52-43-19-7-4-14-37(43)30-31-51(52)57/h1-36H. The van der Waals surface area contributed by atoms with Crippen LogP contribution in [0.1, 0.15) is 0 Å². The number of nitrogens with zero attached hydrogens (tertiary/aromatic N) is 2. The molecule has 2 heterocycles. The van der Waals surface area contributed by atoms with Gasteiger partial charge in [0.15, 0.2) is 5.82 Å². The van der Waals surface area contributed by atoms with Crippen molar-refractivity contribution < 1.29 is 0 Å². The van der Waals surface area contributed by atoms with Gasteiger partial charge in [-0.15, -0.1) is 11.3 Å². The lowest BCUT2D eigenvalue weighted by Crippen LogP contribution is -1.97. The van der Waals surface area contributed by atoms with E-state index in [9.17, 15) is 0 Å². The van der Waals surface area contributed by atoms with Crippen molar-refractivity contribution in [1.82, 2.24) is 9.97 Å². The summed E-state index contributed by atoms with van der Waals surface area (Å²) in [5.74, 6) is 0.707. The zero-order chi connectivity index (χ0) is 40.3. The third kappa shape index (κ3) is 6.09. The molecule has 0 atom stereocenters. The first-order valence-electron chi connectivity index (χ1n) is 20.7. The minimum Gasteiger partial charge on any atom is -0.228 e. The first-order chi connectivity index (χ1) is 30.2. The highest BCUT2D eigenvalue weighted by molar-refractivity contribution is 7.22. The summed E-state index contributed by atoms with van der Waals surface area (Å²) in [6, 6.07) is 78.8. The predicted molar refractivity (Wildman–Crippen MR) is 260 cm³/mol. The van der Waals surface area contributed by atoms with E-state index in [4.69, 9.17) is 9.97 Å². The number of fused-ring (bicyclic) bond motifs is 6. The summed E-state index contributed by atoms with van der Waals surface area (Å²) in [6.07, 6.45) is 0. The van der Waals surface area contributed by atoms with E-state index in [1.54, 1.807) is 0 Å².